The van der Waals surface area contributed by atoms with Crippen LogP contribution < -0.4 is 22.1 Å². The van der Waals surface area contributed by atoms with E-state index < -0.39 is 40.1 Å². The quantitative estimate of drug-likeness (QED) is 0.127. The Hall–Kier alpha value is -3.45. The van der Waals surface area contributed by atoms with Gasteiger partial charge in [0.2, 0.25) is 17.7 Å². The van der Waals surface area contributed by atoms with Crippen molar-refractivity contribution in [1.82, 2.24) is 20.6 Å². The summed E-state index contributed by atoms with van der Waals surface area (Å²) in [6, 6.07) is -0.903. The van der Waals surface area contributed by atoms with Crippen molar-refractivity contribution >= 4 is 35.1 Å². The number of H-pyrrole nitrogens is 1. The Morgan fingerprint density at radius 3 is 2.12 bits per heavy atom. The lowest BCUT2D eigenvalue weighted by atomic mass is 9.71. The van der Waals surface area contributed by atoms with Gasteiger partial charge >= 0.3 is 0 Å². The number of amides is 3. The number of imidazole rings is 1. The maximum Gasteiger partial charge on any atom is 0.245 e. The van der Waals surface area contributed by atoms with E-state index in [4.69, 9.17) is 16.2 Å². The summed E-state index contributed by atoms with van der Waals surface area (Å²) in [5.41, 5.74) is 8.74. The molecule has 13 heteroatoms. The molecule has 0 saturated heterocycles. The number of primary amides is 1. The maximum absolute atomic E-state index is 13.4. The van der Waals surface area contributed by atoms with Crippen molar-refractivity contribution in [3.8, 4) is 0 Å². The highest BCUT2D eigenvalue weighted by atomic mass is 16.5. The van der Waals surface area contributed by atoms with Crippen LogP contribution in [0, 0.1) is 16.7 Å². The predicted octanol–water partition coefficient (Wildman–Crippen LogP) is 1.14. The van der Waals surface area contributed by atoms with Gasteiger partial charge in [-0.25, -0.2) is 4.98 Å². The molecule has 0 unspecified atom stereocenters. The zero-order valence-corrected chi connectivity index (χ0v) is 26.6. The third-order valence-electron chi connectivity index (χ3n) is 7.59. The van der Waals surface area contributed by atoms with Crippen LogP contribution in [0.4, 0.5) is 0 Å². The van der Waals surface area contributed by atoms with Gasteiger partial charge in [0.25, 0.3) is 0 Å². The molecule has 0 aromatic carbocycles. The van der Waals surface area contributed by atoms with Crippen molar-refractivity contribution in [3.63, 3.8) is 0 Å². The number of unbranched alkanes of at least 4 members (excludes halogenated alkanes) is 1. The molecule has 0 fully saturated rings. The van der Waals surface area contributed by atoms with Gasteiger partial charge in [-0.05, 0) is 26.7 Å². The fraction of sp³-hybridized carbons (Fsp3) is 0.700. The van der Waals surface area contributed by atoms with E-state index in [2.05, 4.69) is 20.6 Å². The van der Waals surface area contributed by atoms with E-state index >= 15 is 0 Å². The number of aromatic nitrogens is 2. The number of hydrogen-bond acceptors (Lipinski definition) is 9. The number of nitrogens with zero attached hydrogens (tertiary/aromatic N) is 1. The lowest BCUT2D eigenvalue weighted by Gasteiger charge is -2.33. The number of rotatable bonds is 21. The van der Waals surface area contributed by atoms with Crippen LogP contribution in [-0.4, -0.2) is 76.9 Å². The van der Waals surface area contributed by atoms with Gasteiger partial charge in [0.05, 0.1) is 17.9 Å². The third kappa shape index (κ3) is 12.8. The Balaban J connectivity index is 2.71. The van der Waals surface area contributed by atoms with E-state index in [0.29, 0.717) is 31.5 Å². The highest BCUT2D eigenvalue weighted by molar-refractivity contribution is 5.99. The monoisotopic (exact) mass is 606 g/mol. The molecule has 7 N–H and O–H groups in total. The Morgan fingerprint density at radius 1 is 0.953 bits per heavy atom. The zero-order chi connectivity index (χ0) is 33.0. The van der Waals surface area contributed by atoms with Crippen LogP contribution >= 0.6 is 0 Å². The first-order chi connectivity index (χ1) is 19.8. The Bertz CT molecular complexity index is 1130. The second-order valence-corrected chi connectivity index (χ2v) is 13.0. The van der Waals surface area contributed by atoms with Gasteiger partial charge in [0.1, 0.15) is 18.2 Å². The zero-order valence-electron chi connectivity index (χ0n) is 26.6. The molecule has 0 aliphatic rings. The normalized spacial score (nSPS) is 13.6. The number of Topliss-reactive ketones (excluding diaryl/α,β-unsaturated/α-hetero) is 3. The molecule has 0 spiro atoms. The molecule has 0 radical (unpaired) electrons. The molecular formula is C30H50N6O7. The smallest absolute Gasteiger partial charge is 0.245 e. The minimum absolute atomic E-state index is 0.0342. The number of methoxy groups -OCH3 is 1. The highest BCUT2D eigenvalue weighted by Gasteiger charge is 2.41. The van der Waals surface area contributed by atoms with Crippen LogP contribution in [0.5, 0.6) is 0 Å². The van der Waals surface area contributed by atoms with E-state index in [1.165, 1.54) is 13.4 Å². The average molecular weight is 607 g/mol. The van der Waals surface area contributed by atoms with Gasteiger partial charge in [-0.15, -0.1) is 0 Å². The first-order valence-electron chi connectivity index (χ1n) is 14.5. The number of ether oxygens (including phenoxy) is 1. The second-order valence-electron chi connectivity index (χ2n) is 13.0. The van der Waals surface area contributed by atoms with Crippen molar-refractivity contribution in [2.24, 2.45) is 28.2 Å². The molecule has 1 aromatic rings. The van der Waals surface area contributed by atoms with Crippen LogP contribution in [-0.2, 0) is 39.9 Å². The van der Waals surface area contributed by atoms with Crippen LogP contribution in [0.25, 0.3) is 0 Å². The summed E-state index contributed by atoms with van der Waals surface area (Å²) in [7, 11) is 1.43. The van der Waals surface area contributed by atoms with Gasteiger partial charge in [-0.3, -0.25) is 28.8 Å². The Kier molecular flexibility index (Phi) is 14.3. The summed E-state index contributed by atoms with van der Waals surface area (Å²) < 4.78 is 4.75. The topological polar surface area (TPSA) is 216 Å². The number of nitrogens with one attached hydrogen (secondary N) is 3. The van der Waals surface area contributed by atoms with Gasteiger partial charge in [0.15, 0.2) is 5.78 Å². The Labute approximate surface area is 254 Å². The molecule has 1 aromatic heterocycles. The largest absolute Gasteiger partial charge is 0.375 e. The van der Waals surface area contributed by atoms with Gasteiger partial charge < -0.3 is 31.8 Å². The van der Waals surface area contributed by atoms with E-state index in [-0.39, 0.29) is 55.5 Å². The van der Waals surface area contributed by atoms with Crippen molar-refractivity contribution in [1.29, 1.82) is 0 Å². The van der Waals surface area contributed by atoms with Crippen molar-refractivity contribution in [3.05, 3.63) is 18.2 Å². The molecule has 0 saturated carbocycles. The minimum Gasteiger partial charge on any atom is -0.375 e. The molecule has 1 rings (SSSR count). The standard InChI is InChI=1S/C30H50N6O7/c1-28(2,22(37)12-19(26(32)41)10-8-9-11-34-25(40)17-43-7)14-23(38)29(3,4)15-24(39)30(5,6)36-27(42)21(31)13-20-16-33-18-35-20/h16,18-19,21H,8-15,17,31H2,1-7H3,(H2,32,41)(H,33,35)(H,34,40)(H,36,42)/t19-,21+/m1/s1. The van der Waals surface area contributed by atoms with Gasteiger partial charge in [-0.1, -0.05) is 34.1 Å². The molecule has 13 nitrogen and oxygen atoms in total. The van der Waals surface area contributed by atoms with E-state index in [0.717, 1.165) is 0 Å². The molecule has 0 bridgehead atoms. The van der Waals surface area contributed by atoms with Crippen LogP contribution in [0.3, 0.4) is 0 Å². The fourth-order valence-electron chi connectivity index (χ4n) is 4.43. The summed E-state index contributed by atoms with van der Waals surface area (Å²) in [6.45, 7) is 10.0. The molecule has 0 aliphatic carbocycles. The first kappa shape index (κ1) is 37.6. The second kappa shape index (κ2) is 16.4. The number of ketones is 3. The number of carbonyl (C=O) groups is 6. The molecule has 3 amide bonds. The number of hydrogen-bond donors (Lipinski definition) is 5. The molecule has 1 heterocycles. The van der Waals surface area contributed by atoms with Crippen LogP contribution in [0.1, 0.15) is 85.8 Å². The van der Waals surface area contributed by atoms with Crippen molar-refractivity contribution < 1.29 is 33.5 Å². The highest BCUT2D eigenvalue weighted by Crippen LogP contribution is 2.34. The van der Waals surface area contributed by atoms with Crippen molar-refractivity contribution in [2.75, 3.05) is 20.3 Å². The lowest BCUT2D eigenvalue weighted by molar-refractivity contribution is -0.140. The first-order valence-corrected chi connectivity index (χ1v) is 14.5. The summed E-state index contributed by atoms with van der Waals surface area (Å²) in [6.07, 6.45) is 4.40. The number of nitrogens with two attached hydrogens (primary N) is 2. The number of carbonyl (C=O) groups excluding carboxylic acids is 6. The summed E-state index contributed by atoms with van der Waals surface area (Å²) in [5.74, 6) is -2.97. The van der Waals surface area contributed by atoms with Gasteiger partial charge in [-0.2, -0.15) is 0 Å². The summed E-state index contributed by atoms with van der Waals surface area (Å²) in [4.78, 5) is 82.7. The lowest BCUT2D eigenvalue weighted by Crippen LogP contribution is -2.56. The van der Waals surface area contributed by atoms with E-state index in [1.807, 2.05) is 0 Å². The molecule has 242 valence electrons. The molecule has 0 aliphatic heterocycles. The van der Waals surface area contributed by atoms with E-state index in [9.17, 15) is 28.8 Å². The van der Waals surface area contributed by atoms with Crippen LogP contribution in [0.2, 0.25) is 0 Å². The van der Waals surface area contributed by atoms with Crippen molar-refractivity contribution in [2.45, 2.75) is 98.1 Å². The number of aromatic amines is 1. The average Bonchev–Trinajstić information content (AvgIpc) is 3.39. The fourth-order valence-corrected chi connectivity index (χ4v) is 4.43. The van der Waals surface area contributed by atoms with Gasteiger partial charge in [0, 0.05) is 68.0 Å². The van der Waals surface area contributed by atoms with E-state index in [1.54, 1.807) is 47.7 Å². The Morgan fingerprint density at radius 2 is 1.56 bits per heavy atom. The SMILES string of the molecule is COCC(=O)NCCCC[C@H](CC(=O)C(C)(C)CC(=O)C(C)(C)CC(=O)C(C)(C)NC(=O)[C@@H](N)Cc1cnc[nH]1)C(N)=O. The molecular weight excluding hydrogens is 556 g/mol. The maximum atomic E-state index is 13.4. The summed E-state index contributed by atoms with van der Waals surface area (Å²) >= 11 is 0. The predicted molar refractivity (Wildman–Crippen MR) is 160 cm³/mol. The third-order valence-corrected chi connectivity index (χ3v) is 7.59. The summed E-state index contributed by atoms with van der Waals surface area (Å²) in [5, 5.41) is 5.37. The molecule has 2 atom stereocenters. The minimum atomic E-state index is -1.28. The van der Waals surface area contributed by atoms with Crippen LogP contribution in [0.15, 0.2) is 12.5 Å². The molecule has 43 heavy (non-hydrogen) atoms.